The molecular weight excluding hydrogens is 323 g/mol. The molecule has 2 aliphatic rings. The third-order valence-corrected chi connectivity index (χ3v) is 4.80. The predicted octanol–water partition coefficient (Wildman–Crippen LogP) is 1.87. The topological polar surface area (TPSA) is 70.2 Å². The molecule has 138 valence electrons. The Morgan fingerprint density at radius 2 is 1.71 bits per heavy atom. The van der Waals surface area contributed by atoms with E-state index < -0.39 is 30.0 Å². The van der Waals surface area contributed by atoms with Crippen LogP contribution in [0.1, 0.15) is 51.4 Å². The first-order chi connectivity index (χ1) is 11.4. The largest absolute Gasteiger partial charge is 0.408 e. The lowest BCUT2D eigenvalue weighted by molar-refractivity contribution is -0.171. The van der Waals surface area contributed by atoms with Gasteiger partial charge in [-0.1, -0.05) is 25.7 Å². The number of rotatable bonds is 5. The number of halogens is 3. The molecule has 1 aliphatic carbocycles. The first-order valence-corrected chi connectivity index (χ1v) is 8.76. The zero-order chi connectivity index (χ0) is 17.6. The minimum Gasteiger partial charge on any atom is -0.354 e. The summed E-state index contributed by atoms with van der Waals surface area (Å²) in [6.45, 7) is 0.984. The number of hydrogen-bond acceptors (Lipinski definition) is 3. The number of amides is 2. The molecular formula is C16H26F3N3O2. The van der Waals surface area contributed by atoms with Gasteiger partial charge in [0.2, 0.25) is 11.8 Å². The van der Waals surface area contributed by atoms with Gasteiger partial charge in [-0.3, -0.25) is 9.59 Å². The third kappa shape index (κ3) is 5.65. The van der Waals surface area contributed by atoms with E-state index in [-0.39, 0.29) is 12.8 Å². The fraction of sp³-hybridized carbons (Fsp3) is 0.875. The maximum absolute atomic E-state index is 12.6. The molecule has 2 fully saturated rings. The number of carbonyl (C=O) groups is 2. The maximum atomic E-state index is 12.6. The Labute approximate surface area is 140 Å². The van der Waals surface area contributed by atoms with Crippen LogP contribution in [-0.4, -0.2) is 43.2 Å². The highest BCUT2D eigenvalue weighted by molar-refractivity contribution is 6.00. The van der Waals surface area contributed by atoms with E-state index in [0.717, 1.165) is 12.8 Å². The van der Waals surface area contributed by atoms with Crippen LogP contribution in [0, 0.1) is 5.92 Å². The summed E-state index contributed by atoms with van der Waals surface area (Å²) in [6.07, 6.45) is 2.45. The van der Waals surface area contributed by atoms with Gasteiger partial charge < -0.3 is 16.0 Å². The highest BCUT2D eigenvalue weighted by Gasteiger charge is 2.45. The number of piperidine rings is 1. The van der Waals surface area contributed by atoms with Gasteiger partial charge in [-0.2, -0.15) is 13.2 Å². The second kappa shape index (κ2) is 8.69. The molecule has 2 amide bonds. The van der Waals surface area contributed by atoms with E-state index in [2.05, 4.69) is 10.6 Å². The average Bonchev–Trinajstić information content (AvgIpc) is 2.79. The second-order valence-corrected chi connectivity index (χ2v) is 6.67. The minimum atomic E-state index is -4.46. The summed E-state index contributed by atoms with van der Waals surface area (Å²) in [5, 5.41) is 7.94. The van der Waals surface area contributed by atoms with Gasteiger partial charge in [-0.25, -0.2) is 0 Å². The molecule has 0 aromatic rings. The van der Waals surface area contributed by atoms with E-state index in [1.165, 1.54) is 25.7 Å². The van der Waals surface area contributed by atoms with Gasteiger partial charge in [0.25, 0.3) is 0 Å². The van der Waals surface area contributed by atoms with E-state index in [1.54, 1.807) is 0 Å². The molecule has 2 atom stereocenters. The molecule has 1 saturated heterocycles. The number of alkyl halides is 3. The molecule has 1 saturated carbocycles. The van der Waals surface area contributed by atoms with E-state index in [0.29, 0.717) is 19.1 Å². The second-order valence-electron chi connectivity index (χ2n) is 6.67. The Morgan fingerprint density at radius 1 is 1.04 bits per heavy atom. The summed E-state index contributed by atoms with van der Waals surface area (Å²) in [4.78, 5) is 23.7. The number of carbonyl (C=O) groups excluding carboxylic acids is 2. The van der Waals surface area contributed by atoms with Gasteiger partial charge in [0, 0.05) is 19.1 Å². The first-order valence-electron chi connectivity index (χ1n) is 8.76. The minimum absolute atomic E-state index is 0.0715. The Kier molecular flexibility index (Phi) is 6.89. The summed E-state index contributed by atoms with van der Waals surface area (Å²) in [5.41, 5.74) is 0. The van der Waals surface area contributed by atoms with E-state index in [1.807, 2.05) is 5.32 Å². The Hall–Kier alpha value is -1.31. The van der Waals surface area contributed by atoms with Crippen LogP contribution in [0.25, 0.3) is 0 Å². The van der Waals surface area contributed by atoms with Gasteiger partial charge in [-0.05, 0) is 25.7 Å². The summed E-state index contributed by atoms with van der Waals surface area (Å²) in [5.74, 6) is -2.35. The van der Waals surface area contributed by atoms with Crippen LogP contribution >= 0.6 is 0 Å². The third-order valence-electron chi connectivity index (χ3n) is 4.80. The predicted molar refractivity (Wildman–Crippen MR) is 83.2 cm³/mol. The van der Waals surface area contributed by atoms with Gasteiger partial charge in [-0.15, -0.1) is 0 Å². The molecule has 3 N–H and O–H groups in total. The molecule has 8 heteroatoms. The SMILES string of the molecule is O=C(NCCNC1CCCCCC1)C1CCC(C(F)(F)F)NC1=O. The standard InChI is InChI=1S/C16H26F3N3O2/c17-16(18,19)13-8-7-12(15(24)22-13)14(23)21-10-9-20-11-5-3-1-2-4-6-11/h11-13,20H,1-10H2,(H,21,23)(H,22,24). The maximum Gasteiger partial charge on any atom is 0.408 e. The van der Waals surface area contributed by atoms with Crippen LogP contribution in [0.2, 0.25) is 0 Å². The van der Waals surface area contributed by atoms with Crippen LogP contribution in [0.4, 0.5) is 13.2 Å². The zero-order valence-electron chi connectivity index (χ0n) is 13.8. The molecule has 24 heavy (non-hydrogen) atoms. The van der Waals surface area contributed by atoms with E-state index >= 15 is 0 Å². The molecule has 0 spiro atoms. The molecule has 2 rings (SSSR count). The molecule has 0 radical (unpaired) electrons. The summed E-state index contributed by atoms with van der Waals surface area (Å²) < 4.78 is 37.7. The number of hydrogen-bond donors (Lipinski definition) is 3. The van der Waals surface area contributed by atoms with Gasteiger partial charge in [0.1, 0.15) is 12.0 Å². The smallest absolute Gasteiger partial charge is 0.354 e. The molecule has 1 aliphatic heterocycles. The molecule has 0 aromatic carbocycles. The van der Waals surface area contributed by atoms with Crippen LogP contribution in [0.3, 0.4) is 0 Å². The number of nitrogens with one attached hydrogen (secondary N) is 3. The van der Waals surface area contributed by atoms with Gasteiger partial charge >= 0.3 is 6.18 Å². The Balaban J connectivity index is 1.66. The van der Waals surface area contributed by atoms with Gasteiger partial charge in [0.15, 0.2) is 0 Å². The quantitative estimate of drug-likeness (QED) is 0.403. The van der Waals surface area contributed by atoms with Crippen molar-refractivity contribution in [3.8, 4) is 0 Å². The summed E-state index contributed by atoms with van der Waals surface area (Å²) in [7, 11) is 0. The van der Waals surface area contributed by atoms with Gasteiger partial charge in [0.05, 0.1) is 0 Å². The van der Waals surface area contributed by atoms with Crippen molar-refractivity contribution >= 4 is 11.8 Å². The van der Waals surface area contributed by atoms with Crippen molar-refractivity contribution < 1.29 is 22.8 Å². The molecule has 0 bridgehead atoms. The fourth-order valence-corrected chi connectivity index (χ4v) is 3.37. The highest BCUT2D eigenvalue weighted by Crippen LogP contribution is 2.28. The monoisotopic (exact) mass is 349 g/mol. The van der Waals surface area contributed by atoms with Crippen molar-refractivity contribution in [1.82, 2.24) is 16.0 Å². The first kappa shape index (κ1) is 19.0. The van der Waals surface area contributed by atoms with Crippen LogP contribution in [-0.2, 0) is 9.59 Å². The molecule has 0 aromatic heterocycles. The highest BCUT2D eigenvalue weighted by atomic mass is 19.4. The van der Waals surface area contributed by atoms with Crippen LogP contribution in [0.15, 0.2) is 0 Å². The molecule has 2 unspecified atom stereocenters. The van der Waals surface area contributed by atoms with Crippen molar-refractivity contribution in [1.29, 1.82) is 0 Å². The Morgan fingerprint density at radius 3 is 2.29 bits per heavy atom. The molecule has 1 heterocycles. The summed E-state index contributed by atoms with van der Waals surface area (Å²) in [6, 6.07) is -1.37. The lowest BCUT2D eigenvalue weighted by Gasteiger charge is -2.29. The summed E-state index contributed by atoms with van der Waals surface area (Å²) >= 11 is 0. The lowest BCUT2D eigenvalue weighted by Crippen LogP contribution is -2.54. The molecule has 5 nitrogen and oxygen atoms in total. The zero-order valence-corrected chi connectivity index (χ0v) is 13.8. The van der Waals surface area contributed by atoms with E-state index in [9.17, 15) is 22.8 Å². The van der Waals surface area contributed by atoms with Crippen molar-refractivity contribution in [2.24, 2.45) is 5.92 Å². The van der Waals surface area contributed by atoms with Crippen molar-refractivity contribution in [3.63, 3.8) is 0 Å². The lowest BCUT2D eigenvalue weighted by atomic mass is 9.93. The average molecular weight is 349 g/mol. The van der Waals surface area contributed by atoms with Crippen LogP contribution in [0.5, 0.6) is 0 Å². The van der Waals surface area contributed by atoms with Crippen molar-refractivity contribution in [3.05, 3.63) is 0 Å². The van der Waals surface area contributed by atoms with Crippen molar-refractivity contribution in [2.75, 3.05) is 13.1 Å². The van der Waals surface area contributed by atoms with Crippen molar-refractivity contribution in [2.45, 2.75) is 69.6 Å². The normalized spacial score (nSPS) is 26.5. The Bertz CT molecular complexity index is 435. The fourth-order valence-electron chi connectivity index (χ4n) is 3.37. The van der Waals surface area contributed by atoms with E-state index in [4.69, 9.17) is 0 Å². The van der Waals surface area contributed by atoms with Crippen LogP contribution < -0.4 is 16.0 Å².